The molecule has 118 valence electrons. The summed E-state index contributed by atoms with van der Waals surface area (Å²) in [6, 6.07) is 8.17. The maximum atomic E-state index is 11.6. The van der Waals surface area contributed by atoms with Gasteiger partial charge in [0.25, 0.3) is 0 Å². The van der Waals surface area contributed by atoms with Crippen LogP contribution in [-0.2, 0) is 10.2 Å². The fourth-order valence-electron chi connectivity index (χ4n) is 1.88. The number of hydrogen-bond donors (Lipinski definition) is 2. The van der Waals surface area contributed by atoms with Gasteiger partial charge in [0.1, 0.15) is 5.75 Å². The van der Waals surface area contributed by atoms with Crippen molar-refractivity contribution in [2.75, 3.05) is 13.2 Å². The minimum absolute atomic E-state index is 0.0274. The zero-order valence-electron chi connectivity index (χ0n) is 13.6. The average Bonchev–Trinajstić information content (AvgIpc) is 2.43. The maximum Gasteiger partial charge on any atom is 0.220 e. The van der Waals surface area contributed by atoms with Crippen LogP contribution < -0.4 is 15.8 Å². The van der Waals surface area contributed by atoms with E-state index < -0.39 is 0 Å². The number of nitrogens with two attached hydrogens (primary N) is 1. The van der Waals surface area contributed by atoms with E-state index in [-0.39, 0.29) is 17.4 Å². The molecule has 0 spiro atoms. The van der Waals surface area contributed by atoms with Crippen molar-refractivity contribution in [1.82, 2.24) is 5.32 Å². The van der Waals surface area contributed by atoms with Gasteiger partial charge in [-0.15, -0.1) is 0 Å². The van der Waals surface area contributed by atoms with E-state index in [4.69, 9.17) is 10.5 Å². The van der Waals surface area contributed by atoms with Gasteiger partial charge < -0.3 is 15.8 Å². The monoisotopic (exact) mass is 292 g/mol. The number of carbonyl (C=O) groups is 1. The maximum absolute atomic E-state index is 11.6. The highest BCUT2D eigenvalue weighted by Gasteiger charge is 2.13. The van der Waals surface area contributed by atoms with E-state index in [2.05, 4.69) is 38.2 Å². The zero-order chi connectivity index (χ0) is 15.9. The normalized spacial score (nSPS) is 12.8. The number of carbonyl (C=O) groups excluding carboxylic acids is 1. The van der Waals surface area contributed by atoms with Crippen LogP contribution >= 0.6 is 0 Å². The third kappa shape index (κ3) is 6.63. The van der Waals surface area contributed by atoms with E-state index in [0.29, 0.717) is 26.0 Å². The van der Waals surface area contributed by atoms with Crippen LogP contribution in [0.15, 0.2) is 24.3 Å². The summed E-state index contributed by atoms with van der Waals surface area (Å²) in [5.41, 5.74) is 6.89. The third-order valence-electron chi connectivity index (χ3n) is 3.30. The Kier molecular flexibility index (Phi) is 6.69. The summed E-state index contributed by atoms with van der Waals surface area (Å²) in [5.74, 6) is 0.873. The molecule has 0 fully saturated rings. The van der Waals surface area contributed by atoms with Gasteiger partial charge in [-0.3, -0.25) is 4.79 Å². The molecule has 1 rings (SSSR count). The molecule has 0 aliphatic rings. The van der Waals surface area contributed by atoms with Gasteiger partial charge in [-0.05, 0) is 36.5 Å². The van der Waals surface area contributed by atoms with Crippen LogP contribution in [0.25, 0.3) is 0 Å². The Hall–Kier alpha value is -1.55. The van der Waals surface area contributed by atoms with Crippen LogP contribution in [0.5, 0.6) is 5.75 Å². The summed E-state index contributed by atoms with van der Waals surface area (Å²) in [4.78, 5) is 11.6. The fraction of sp³-hybridized carbons (Fsp3) is 0.588. The van der Waals surface area contributed by atoms with Crippen LogP contribution in [0.4, 0.5) is 0 Å². The molecule has 3 N–H and O–H groups in total. The van der Waals surface area contributed by atoms with Crippen LogP contribution in [0, 0.1) is 0 Å². The summed E-state index contributed by atoms with van der Waals surface area (Å²) < 4.78 is 5.65. The molecule has 0 radical (unpaired) electrons. The molecule has 0 unspecified atom stereocenters. The largest absolute Gasteiger partial charge is 0.494 e. The Labute approximate surface area is 128 Å². The predicted molar refractivity (Wildman–Crippen MR) is 86.5 cm³/mol. The number of benzene rings is 1. The van der Waals surface area contributed by atoms with Gasteiger partial charge in [-0.1, -0.05) is 32.9 Å². The summed E-state index contributed by atoms with van der Waals surface area (Å²) >= 11 is 0. The molecule has 0 aliphatic carbocycles. The van der Waals surface area contributed by atoms with Crippen LogP contribution in [0.3, 0.4) is 0 Å². The predicted octanol–water partition coefficient (Wildman–Crippen LogP) is 2.61. The summed E-state index contributed by atoms with van der Waals surface area (Å²) in [5, 5.41) is 2.83. The third-order valence-corrected chi connectivity index (χ3v) is 3.30. The lowest BCUT2D eigenvalue weighted by Gasteiger charge is -2.19. The molecule has 1 atom stereocenters. The minimum Gasteiger partial charge on any atom is -0.494 e. The molecule has 0 bridgehead atoms. The first-order chi connectivity index (χ1) is 9.82. The number of ether oxygens (including phenoxy) is 1. The van der Waals surface area contributed by atoms with E-state index in [1.165, 1.54) is 5.56 Å². The topological polar surface area (TPSA) is 64.3 Å². The second-order valence-corrected chi connectivity index (χ2v) is 6.43. The van der Waals surface area contributed by atoms with Crippen molar-refractivity contribution in [3.05, 3.63) is 29.8 Å². The minimum atomic E-state index is 0.0274. The van der Waals surface area contributed by atoms with Crippen LogP contribution in [0.1, 0.15) is 46.1 Å². The number of nitrogens with one attached hydrogen (secondary N) is 1. The highest BCUT2D eigenvalue weighted by atomic mass is 16.5. The van der Waals surface area contributed by atoms with E-state index in [1.54, 1.807) is 0 Å². The first kappa shape index (κ1) is 17.5. The SMILES string of the molecule is C[C@@H](CN)NC(=O)CCCOc1ccc(C(C)(C)C)cc1. The van der Waals surface area contributed by atoms with Gasteiger partial charge in [0, 0.05) is 19.0 Å². The van der Waals surface area contributed by atoms with Crippen molar-refractivity contribution in [3.63, 3.8) is 0 Å². The summed E-state index contributed by atoms with van der Waals surface area (Å²) in [6.45, 7) is 9.45. The lowest BCUT2D eigenvalue weighted by Crippen LogP contribution is -2.37. The highest BCUT2D eigenvalue weighted by Crippen LogP contribution is 2.24. The second-order valence-electron chi connectivity index (χ2n) is 6.43. The molecule has 1 aromatic rings. The van der Waals surface area contributed by atoms with Crippen molar-refractivity contribution in [2.24, 2.45) is 5.73 Å². The average molecular weight is 292 g/mol. The van der Waals surface area contributed by atoms with Gasteiger partial charge in [-0.25, -0.2) is 0 Å². The molecule has 21 heavy (non-hydrogen) atoms. The van der Waals surface area contributed by atoms with Gasteiger partial charge in [-0.2, -0.15) is 0 Å². The Morgan fingerprint density at radius 2 is 1.90 bits per heavy atom. The van der Waals surface area contributed by atoms with Crippen molar-refractivity contribution in [2.45, 2.75) is 52.0 Å². The van der Waals surface area contributed by atoms with Crippen LogP contribution in [-0.4, -0.2) is 25.1 Å². The summed E-state index contributed by atoms with van der Waals surface area (Å²) in [7, 11) is 0. The van der Waals surface area contributed by atoms with Gasteiger partial charge in [0.05, 0.1) is 6.61 Å². The molecular formula is C17H28N2O2. The lowest BCUT2D eigenvalue weighted by atomic mass is 9.87. The number of rotatable bonds is 7. The van der Waals surface area contributed by atoms with Gasteiger partial charge in [0.2, 0.25) is 5.91 Å². The zero-order valence-corrected chi connectivity index (χ0v) is 13.6. The van der Waals surface area contributed by atoms with Gasteiger partial charge in [0.15, 0.2) is 0 Å². The second kappa shape index (κ2) is 8.03. The molecule has 4 heteroatoms. The van der Waals surface area contributed by atoms with E-state index >= 15 is 0 Å². The number of amides is 1. The van der Waals surface area contributed by atoms with Gasteiger partial charge >= 0.3 is 0 Å². The quantitative estimate of drug-likeness (QED) is 0.759. The van der Waals surface area contributed by atoms with E-state index in [0.717, 1.165) is 5.75 Å². The van der Waals surface area contributed by atoms with E-state index in [1.807, 2.05) is 19.1 Å². The Balaban J connectivity index is 2.28. The molecule has 0 saturated heterocycles. The van der Waals surface area contributed by atoms with Crippen molar-refractivity contribution < 1.29 is 9.53 Å². The molecule has 0 saturated carbocycles. The molecule has 1 aromatic carbocycles. The lowest BCUT2D eigenvalue weighted by molar-refractivity contribution is -0.121. The Morgan fingerprint density at radius 3 is 2.43 bits per heavy atom. The van der Waals surface area contributed by atoms with E-state index in [9.17, 15) is 4.79 Å². The molecule has 4 nitrogen and oxygen atoms in total. The first-order valence-electron chi connectivity index (χ1n) is 7.55. The summed E-state index contributed by atoms with van der Waals surface area (Å²) in [6.07, 6.45) is 1.16. The molecular weight excluding hydrogens is 264 g/mol. The van der Waals surface area contributed by atoms with Crippen molar-refractivity contribution in [3.8, 4) is 5.75 Å². The number of hydrogen-bond acceptors (Lipinski definition) is 3. The first-order valence-corrected chi connectivity index (χ1v) is 7.55. The Morgan fingerprint density at radius 1 is 1.29 bits per heavy atom. The van der Waals surface area contributed by atoms with Crippen molar-refractivity contribution >= 4 is 5.91 Å². The fourth-order valence-corrected chi connectivity index (χ4v) is 1.88. The molecule has 0 aliphatic heterocycles. The van der Waals surface area contributed by atoms with Crippen molar-refractivity contribution in [1.29, 1.82) is 0 Å². The standard InChI is InChI=1S/C17H28N2O2/c1-13(12-18)19-16(20)6-5-11-21-15-9-7-14(8-10-15)17(2,3)4/h7-10,13H,5-6,11-12,18H2,1-4H3,(H,19,20)/t13-/m0/s1. The molecule has 0 heterocycles. The Bertz CT molecular complexity index is 435. The molecule has 0 aromatic heterocycles. The molecule has 1 amide bonds. The highest BCUT2D eigenvalue weighted by molar-refractivity contribution is 5.76. The smallest absolute Gasteiger partial charge is 0.220 e. The van der Waals surface area contributed by atoms with Crippen LogP contribution in [0.2, 0.25) is 0 Å².